The molecule has 0 spiro atoms. The van der Waals surface area contributed by atoms with Gasteiger partial charge in [-0.25, -0.2) is 9.59 Å². The van der Waals surface area contributed by atoms with Crippen LogP contribution in [-0.4, -0.2) is 79.3 Å². The summed E-state index contributed by atoms with van der Waals surface area (Å²) >= 11 is 0. The van der Waals surface area contributed by atoms with E-state index in [1.54, 1.807) is 0 Å². The number of amides is 2. The summed E-state index contributed by atoms with van der Waals surface area (Å²) in [5, 5.41) is 8.59. The number of halogens is 7. The van der Waals surface area contributed by atoms with Crippen LogP contribution in [0.2, 0.25) is 0 Å². The Bertz CT molecular complexity index is 629. The zero-order chi connectivity index (χ0) is 22.9. The number of alkyl halides is 6. The molecule has 2 heterocycles. The lowest BCUT2D eigenvalue weighted by molar-refractivity contribution is -0.162. The standard InChI is InChI=1S/C8H13F3N2O2.C8H9F3N2O2.ClH/c2*9-8(10,11)5-15-7(14)13-3-1-2-6(13)4-12;/h6H,1-5,12H2;6H,1-3,5H2;1H/t2*6-;/m00./s1. The Kier molecular flexibility index (Phi) is 11.8. The van der Waals surface area contributed by atoms with Crippen molar-refractivity contribution in [2.75, 3.05) is 32.8 Å². The molecule has 0 radical (unpaired) electrons. The second kappa shape index (κ2) is 12.7. The molecule has 2 fully saturated rings. The predicted octanol–water partition coefficient (Wildman–Crippen LogP) is 3.20. The molecule has 2 aliphatic rings. The zero-order valence-electron chi connectivity index (χ0n) is 16.2. The summed E-state index contributed by atoms with van der Waals surface area (Å²) in [5.41, 5.74) is 5.37. The molecular formula is C16H23ClF6N4O4. The molecule has 0 aromatic heterocycles. The van der Waals surface area contributed by atoms with E-state index in [4.69, 9.17) is 11.0 Å². The molecule has 0 saturated carbocycles. The third kappa shape index (κ3) is 10.6. The number of nitrogens with zero attached hydrogens (tertiary/aromatic N) is 3. The molecule has 0 unspecified atom stereocenters. The van der Waals surface area contributed by atoms with Gasteiger partial charge in [0.2, 0.25) is 0 Å². The minimum Gasteiger partial charge on any atom is -0.440 e. The molecule has 2 atom stereocenters. The molecule has 15 heteroatoms. The molecule has 31 heavy (non-hydrogen) atoms. The van der Waals surface area contributed by atoms with Crippen molar-refractivity contribution in [3.63, 3.8) is 0 Å². The summed E-state index contributed by atoms with van der Waals surface area (Å²) in [6.45, 7) is -2.21. The van der Waals surface area contributed by atoms with Crippen molar-refractivity contribution in [3.8, 4) is 6.07 Å². The van der Waals surface area contributed by atoms with Crippen LogP contribution in [-0.2, 0) is 9.47 Å². The Morgan fingerprint density at radius 1 is 0.935 bits per heavy atom. The second-order valence-electron chi connectivity index (χ2n) is 6.55. The van der Waals surface area contributed by atoms with E-state index in [-0.39, 0.29) is 31.5 Å². The van der Waals surface area contributed by atoms with Crippen molar-refractivity contribution in [3.05, 3.63) is 0 Å². The van der Waals surface area contributed by atoms with Crippen LogP contribution in [0.4, 0.5) is 35.9 Å². The van der Waals surface area contributed by atoms with E-state index in [2.05, 4.69) is 9.47 Å². The highest BCUT2D eigenvalue weighted by atomic mass is 35.5. The van der Waals surface area contributed by atoms with Crippen LogP contribution in [0.1, 0.15) is 25.7 Å². The number of hydrogen-bond donors (Lipinski definition) is 1. The quantitative estimate of drug-likeness (QED) is 0.616. The molecule has 2 aliphatic heterocycles. The number of carbonyl (C=O) groups is 2. The first-order chi connectivity index (χ1) is 13.9. The minimum absolute atomic E-state index is 0. The van der Waals surface area contributed by atoms with E-state index in [0.29, 0.717) is 19.4 Å². The molecule has 2 N–H and O–H groups in total. The van der Waals surface area contributed by atoms with Gasteiger partial charge in [-0.15, -0.1) is 12.4 Å². The third-order valence-corrected chi connectivity index (χ3v) is 4.24. The predicted molar refractivity (Wildman–Crippen MR) is 96.2 cm³/mol. The Hall–Kier alpha value is -2.14. The number of ether oxygens (including phenoxy) is 2. The van der Waals surface area contributed by atoms with Gasteiger partial charge in [-0.1, -0.05) is 0 Å². The lowest BCUT2D eigenvalue weighted by Gasteiger charge is -2.22. The average Bonchev–Trinajstić information content (AvgIpc) is 3.32. The maximum atomic E-state index is 11.8. The Labute approximate surface area is 180 Å². The van der Waals surface area contributed by atoms with Crippen molar-refractivity contribution in [2.45, 2.75) is 50.1 Å². The number of nitriles is 1. The molecular weight excluding hydrogens is 462 g/mol. The fraction of sp³-hybridized carbons (Fsp3) is 0.812. The van der Waals surface area contributed by atoms with E-state index in [9.17, 15) is 35.9 Å². The van der Waals surface area contributed by atoms with Crippen LogP contribution in [0.25, 0.3) is 0 Å². The van der Waals surface area contributed by atoms with E-state index in [0.717, 1.165) is 17.7 Å². The van der Waals surface area contributed by atoms with Crippen LogP contribution < -0.4 is 5.73 Å². The first-order valence-electron chi connectivity index (χ1n) is 8.98. The fourth-order valence-electron chi connectivity index (χ4n) is 2.89. The van der Waals surface area contributed by atoms with Crippen molar-refractivity contribution in [1.82, 2.24) is 9.80 Å². The molecule has 2 rings (SSSR count). The molecule has 8 nitrogen and oxygen atoms in total. The highest BCUT2D eigenvalue weighted by Crippen LogP contribution is 2.21. The van der Waals surface area contributed by atoms with Crippen molar-refractivity contribution in [2.24, 2.45) is 5.73 Å². The van der Waals surface area contributed by atoms with E-state index < -0.39 is 43.8 Å². The lowest BCUT2D eigenvalue weighted by atomic mass is 10.2. The lowest BCUT2D eigenvalue weighted by Crippen LogP contribution is -2.41. The smallest absolute Gasteiger partial charge is 0.422 e. The number of likely N-dealkylation sites (tertiary alicyclic amines) is 2. The summed E-state index contributed by atoms with van der Waals surface area (Å²) in [4.78, 5) is 24.6. The summed E-state index contributed by atoms with van der Waals surface area (Å²) in [5.74, 6) is 0. The number of nitrogens with two attached hydrogens (primary N) is 1. The SMILES string of the molecule is Cl.N#C[C@@H]1CCCN1C(=O)OCC(F)(F)F.NC[C@@H]1CCCN1C(=O)OCC(F)(F)F. The van der Waals surface area contributed by atoms with Gasteiger partial charge in [-0.3, -0.25) is 4.90 Å². The highest BCUT2D eigenvalue weighted by Gasteiger charge is 2.35. The first kappa shape index (κ1) is 28.9. The van der Waals surface area contributed by atoms with Gasteiger partial charge in [-0.05, 0) is 25.7 Å². The summed E-state index contributed by atoms with van der Waals surface area (Å²) in [6.07, 6.45) is -8.44. The van der Waals surface area contributed by atoms with Crippen LogP contribution in [0.3, 0.4) is 0 Å². The minimum atomic E-state index is -4.53. The first-order valence-corrected chi connectivity index (χ1v) is 8.98. The summed E-state index contributed by atoms with van der Waals surface area (Å²) in [7, 11) is 0. The van der Waals surface area contributed by atoms with E-state index in [1.165, 1.54) is 4.90 Å². The summed E-state index contributed by atoms with van der Waals surface area (Å²) in [6, 6.07) is 0.985. The van der Waals surface area contributed by atoms with Gasteiger partial charge in [0.05, 0.1) is 6.07 Å². The monoisotopic (exact) mass is 484 g/mol. The number of carbonyl (C=O) groups excluding carboxylic acids is 2. The molecule has 0 bridgehead atoms. The Morgan fingerprint density at radius 3 is 1.84 bits per heavy atom. The van der Waals surface area contributed by atoms with Gasteiger partial charge >= 0.3 is 24.5 Å². The van der Waals surface area contributed by atoms with Crippen LogP contribution in [0.5, 0.6) is 0 Å². The molecule has 0 aliphatic carbocycles. The van der Waals surface area contributed by atoms with Crippen LogP contribution >= 0.6 is 12.4 Å². The highest BCUT2D eigenvalue weighted by molar-refractivity contribution is 5.85. The van der Waals surface area contributed by atoms with E-state index >= 15 is 0 Å². The van der Waals surface area contributed by atoms with Gasteiger partial charge in [0.15, 0.2) is 13.2 Å². The third-order valence-electron chi connectivity index (χ3n) is 4.24. The second-order valence-corrected chi connectivity index (χ2v) is 6.55. The van der Waals surface area contributed by atoms with E-state index in [1.807, 2.05) is 6.07 Å². The van der Waals surface area contributed by atoms with Gasteiger partial charge < -0.3 is 20.1 Å². The summed E-state index contributed by atoms with van der Waals surface area (Å²) < 4.78 is 78.6. The van der Waals surface area contributed by atoms with Crippen molar-refractivity contribution in [1.29, 1.82) is 5.26 Å². The molecule has 2 amide bonds. The molecule has 180 valence electrons. The normalized spacial score (nSPS) is 20.8. The Balaban J connectivity index is 0.000000562. The van der Waals surface area contributed by atoms with Crippen LogP contribution in [0.15, 0.2) is 0 Å². The van der Waals surface area contributed by atoms with Crippen molar-refractivity contribution >= 4 is 24.6 Å². The number of hydrogen-bond acceptors (Lipinski definition) is 6. The van der Waals surface area contributed by atoms with Gasteiger partial charge in [0.1, 0.15) is 6.04 Å². The van der Waals surface area contributed by atoms with Gasteiger partial charge in [-0.2, -0.15) is 31.6 Å². The number of rotatable bonds is 3. The van der Waals surface area contributed by atoms with Crippen LogP contribution in [0, 0.1) is 11.3 Å². The topological polar surface area (TPSA) is 109 Å². The van der Waals surface area contributed by atoms with Gasteiger partial charge in [0, 0.05) is 25.7 Å². The molecule has 2 saturated heterocycles. The molecule has 0 aromatic rings. The van der Waals surface area contributed by atoms with Gasteiger partial charge in [0.25, 0.3) is 0 Å². The average molecular weight is 485 g/mol. The maximum Gasteiger partial charge on any atom is 0.422 e. The Morgan fingerprint density at radius 2 is 1.39 bits per heavy atom. The zero-order valence-corrected chi connectivity index (χ0v) is 17.1. The fourth-order valence-corrected chi connectivity index (χ4v) is 2.89. The largest absolute Gasteiger partial charge is 0.440 e. The molecule has 0 aromatic carbocycles. The maximum absolute atomic E-state index is 11.8. The van der Waals surface area contributed by atoms with Crippen molar-refractivity contribution < 1.29 is 45.4 Å².